The second-order valence-electron chi connectivity index (χ2n) is 6.60. The van der Waals surface area contributed by atoms with Crippen molar-refractivity contribution in [2.24, 2.45) is 7.05 Å². The average Bonchev–Trinajstić information content (AvgIpc) is 3.00. The molecule has 2 aromatic carbocycles. The third-order valence-corrected chi connectivity index (χ3v) is 6.79. The molecule has 0 bridgehead atoms. The van der Waals surface area contributed by atoms with E-state index in [-0.39, 0.29) is 28.7 Å². The van der Waals surface area contributed by atoms with Gasteiger partial charge in [0.1, 0.15) is 5.82 Å². The second-order valence-corrected chi connectivity index (χ2v) is 8.47. The molecule has 0 N–H and O–H groups in total. The number of benzene rings is 2. The summed E-state index contributed by atoms with van der Waals surface area (Å²) in [6.07, 6.45) is 1.98. The zero-order valence-electron chi connectivity index (χ0n) is 15.4. The van der Waals surface area contributed by atoms with Gasteiger partial charge in [-0.3, -0.25) is 19.1 Å². The van der Waals surface area contributed by atoms with E-state index in [0.717, 1.165) is 38.8 Å². The van der Waals surface area contributed by atoms with Gasteiger partial charge in [0.05, 0.1) is 10.6 Å². The molecule has 1 atom stereocenters. The van der Waals surface area contributed by atoms with Crippen LogP contribution in [0.4, 0.5) is 24.7 Å². The van der Waals surface area contributed by atoms with E-state index in [2.05, 4.69) is 0 Å². The predicted octanol–water partition coefficient (Wildman–Crippen LogP) is 4.79. The van der Waals surface area contributed by atoms with Crippen molar-refractivity contribution in [2.45, 2.75) is 17.2 Å². The zero-order chi connectivity index (χ0) is 20.9. The summed E-state index contributed by atoms with van der Waals surface area (Å²) in [5.41, 5.74) is 0.715. The molecule has 3 aromatic rings. The van der Waals surface area contributed by atoms with Gasteiger partial charge in [0.15, 0.2) is 17.5 Å². The number of fused-ring (bicyclic) bond motifs is 1. The molecule has 1 unspecified atom stereocenters. The third kappa shape index (κ3) is 3.28. The molecule has 0 saturated heterocycles. The van der Waals surface area contributed by atoms with Crippen molar-refractivity contribution >= 4 is 40.5 Å². The minimum absolute atomic E-state index is 0.0200. The molecule has 150 valence electrons. The van der Waals surface area contributed by atoms with Crippen LogP contribution in [0.2, 0.25) is 0 Å². The Labute approximate surface area is 172 Å². The first-order valence-corrected chi connectivity index (χ1v) is 10.7. The van der Waals surface area contributed by atoms with E-state index < -0.39 is 23.4 Å². The largest absolute Gasteiger partial charge is 0.308 e. The highest BCUT2D eigenvalue weighted by Gasteiger charge is 2.38. The van der Waals surface area contributed by atoms with Crippen molar-refractivity contribution in [3.05, 3.63) is 74.0 Å². The lowest BCUT2D eigenvalue weighted by molar-refractivity contribution is -0.118. The molecule has 0 radical (unpaired) electrons. The van der Waals surface area contributed by atoms with E-state index in [1.165, 1.54) is 11.6 Å². The van der Waals surface area contributed by atoms with Gasteiger partial charge in [-0.2, -0.15) is 0 Å². The molecule has 0 aliphatic carbocycles. The van der Waals surface area contributed by atoms with E-state index in [1.54, 1.807) is 11.8 Å². The van der Waals surface area contributed by atoms with Gasteiger partial charge in [-0.15, -0.1) is 11.8 Å². The minimum atomic E-state index is -1.61. The van der Waals surface area contributed by atoms with Crippen molar-refractivity contribution in [3.63, 3.8) is 0 Å². The smallest absolute Gasteiger partial charge is 0.288 e. The first-order valence-electron chi connectivity index (χ1n) is 8.63. The number of hydrogen-bond donors (Lipinski definition) is 0. The Morgan fingerprint density at radius 1 is 1.07 bits per heavy atom. The van der Waals surface area contributed by atoms with Crippen molar-refractivity contribution in [3.8, 4) is 0 Å². The summed E-state index contributed by atoms with van der Waals surface area (Å²) < 4.78 is 42.3. The number of aromatic nitrogens is 1. The van der Waals surface area contributed by atoms with Gasteiger partial charge < -0.3 is 0 Å². The van der Waals surface area contributed by atoms with E-state index in [9.17, 15) is 22.8 Å². The molecule has 1 aromatic heterocycles. The highest BCUT2D eigenvalue weighted by molar-refractivity contribution is 7.98. The monoisotopic (exact) mass is 436 g/mol. The molecule has 29 heavy (non-hydrogen) atoms. The predicted molar refractivity (Wildman–Crippen MR) is 108 cm³/mol. The van der Waals surface area contributed by atoms with Crippen LogP contribution in [0, 0.1) is 17.5 Å². The molecule has 1 amide bonds. The lowest BCUT2D eigenvalue weighted by Gasteiger charge is -2.32. The van der Waals surface area contributed by atoms with Crippen molar-refractivity contribution in [1.82, 2.24) is 4.57 Å². The highest BCUT2D eigenvalue weighted by atomic mass is 32.2. The van der Waals surface area contributed by atoms with Gasteiger partial charge in [0.25, 0.3) is 0 Å². The molecule has 4 rings (SSSR count). The lowest BCUT2D eigenvalue weighted by atomic mass is 9.90. The fourth-order valence-corrected chi connectivity index (χ4v) is 4.97. The summed E-state index contributed by atoms with van der Waals surface area (Å²) in [5, 5.41) is 0. The molecular formula is C20H15F3N2O2S2. The summed E-state index contributed by atoms with van der Waals surface area (Å²) in [6, 6.07) is 9.21. The van der Waals surface area contributed by atoms with Crippen molar-refractivity contribution in [1.29, 1.82) is 0 Å². The lowest BCUT2D eigenvalue weighted by Crippen LogP contribution is -2.35. The molecule has 1 aliphatic rings. The summed E-state index contributed by atoms with van der Waals surface area (Å²) in [6.45, 7) is 0. The standard InChI is InChI=1S/C20H15F3N2O2S2/c1-24-19-18(29-20(24)27)13(10-3-5-12(28-2)6-4-10)9-16(26)25(19)11-7-14(21)17(23)15(22)8-11/h3-8,13H,9H2,1-2H3. The average molecular weight is 436 g/mol. The van der Waals surface area contributed by atoms with Crippen LogP contribution in [-0.2, 0) is 11.8 Å². The second kappa shape index (κ2) is 7.38. The Morgan fingerprint density at radius 3 is 2.28 bits per heavy atom. The number of halogens is 3. The summed E-state index contributed by atoms with van der Waals surface area (Å²) in [7, 11) is 1.49. The van der Waals surface area contributed by atoms with Crippen LogP contribution >= 0.6 is 23.1 Å². The SMILES string of the molecule is CSc1ccc(C2CC(=O)N(c3cc(F)c(F)c(F)c3)c3c2sc(=O)n3C)cc1. The number of hydrogen-bond acceptors (Lipinski definition) is 4. The first-order chi connectivity index (χ1) is 13.8. The number of carbonyl (C=O) groups is 1. The molecule has 1 aliphatic heterocycles. The summed E-state index contributed by atoms with van der Waals surface area (Å²) in [4.78, 5) is 27.9. The Morgan fingerprint density at radius 2 is 1.69 bits per heavy atom. The number of amides is 1. The maximum Gasteiger partial charge on any atom is 0.308 e. The summed E-state index contributed by atoms with van der Waals surface area (Å²) >= 11 is 2.58. The molecular weight excluding hydrogens is 421 g/mol. The van der Waals surface area contributed by atoms with E-state index in [0.29, 0.717) is 4.88 Å². The normalized spacial score (nSPS) is 16.2. The Kier molecular flexibility index (Phi) is 5.04. The van der Waals surface area contributed by atoms with E-state index in [1.807, 2.05) is 30.5 Å². The Hall–Kier alpha value is -2.52. The van der Waals surface area contributed by atoms with Gasteiger partial charge in [-0.1, -0.05) is 23.5 Å². The minimum Gasteiger partial charge on any atom is -0.288 e. The number of nitrogens with zero attached hydrogens (tertiary/aromatic N) is 2. The number of rotatable bonds is 3. The van der Waals surface area contributed by atoms with Gasteiger partial charge in [-0.25, -0.2) is 13.2 Å². The van der Waals surface area contributed by atoms with Crippen LogP contribution in [0.25, 0.3) is 0 Å². The van der Waals surface area contributed by atoms with Crippen LogP contribution in [-0.4, -0.2) is 16.7 Å². The molecule has 9 heteroatoms. The number of thioether (sulfide) groups is 1. The highest BCUT2D eigenvalue weighted by Crippen LogP contribution is 2.45. The van der Waals surface area contributed by atoms with Gasteiger partial charge in [-0.05, 0) is 24.0 Å². The molecule has 2 heterocycles. The maximum atomic E-state index is 13.8. The summed E-state index contributed by atoms with van der Waals surface area (Å²) in [5.74, 6) is -4.94. The van der Waals surface area contributed by atoms with E-state index in [4.69, 9.17) is 0 Å². The van der Waals surface area contributed by atoms with Gasteiger partial charge in [0.2, 0.25) is 5.91 Å². The quantitative estimate of drug-likeness (QED) is 0.438. The zero-order valence-corrected chi connectivity index (χ0v) is 17.0. The van der Waals surface area contributed by atoms with Crippen molar-refractivity contribution in [2.75, 3.05) is 11.2 Å². The van der Waals surface area contributed by atoms with Crippen LogP contribution in [0.3, 0.4) is 0 Å². The van der Waals surface area contributed by atoms with Crippen LogP contribution in [0.15, 0.2) is 46.1 Å². The Balaban J connectivity index is 1.88. The molecule has 0 fully saturated rings. The van der Waals surface area contributed by atoms with Crippen molar-refractivity contribution < 1.29 is 18.0 Å². The fraction of sp³-hybridized carbons (Fsp3) is 0.200. The third-order valence-electron chi connectivity index (χ3n) is 4.91. The number of anilines is 2. The van der Waals surface area contributed by atoms with E-state index >= 15 is 0 Å². The molecule has 0 spiro atoms. The van der Waals surface area contributed by atoms with Gasteiger partial charge >= 0.3 is 4.87 Å². The number of thiazole rings is 1. The fourth-order valence-electron chi connectivity index (χ4n) is 3.47. The van der Waals surface area contributed by atoms with Gasteiger partial charge in [0, 0.05) is 36.4 Å². The molecule has 4 nitrogen and oxygen atoms in total. The Bertz CT molecular complexity index is 1150. The maximum absolute atomic E-state index is 13.8. The number of carbonyl (C=O) groups excluding carboxylic acids is 1. The van der Waals surface area contributed by atoms with Crippen LogP contribution in [0.1, 0.15) is 22.8 Å². The van der Waals surface area contributed by atoms with Crippen LogP contribution < -0.4 is 9.77 Å². The topological polar surface area (TPSA) is 42.3 Å². The first kappa shape index (κ1) is 19.8. The molecule has 0 saturated carbocycles. The van der Waals surface area contributed by atoms with Crippen LogP contribution in [0.5, 0.6) is 0 Å².